The number of aliphatic carboxylic acids is 1. The fraction of sp³-hybridized carbons (Fsp3) is 0.719. The van der Waals surface area contributed by atoms with E-state index in [1.165, 1.54) is 131 Å². The summed E-state index contributed by atoms with van der Waals surface area (Å²) >= 11 is 0. The molecule has 6 aliphatic carbocycles. The van der Waals surface area contributed by atoms with Crippen LogP contribution >= 0.6 is 0 Å². The van der Waals surface area contributed by atoms with Gasteiger partial charge in [-0.1, -0.05) is 174 Å². The van der Waals surface area contributed by atoms with Crippen LogP contribution < -0.4 is 0 Å². The summed E-state index contributed by atoms with van der Waals surface area (Å²) in [7, 11) is -3.67. The van der Waals surface area contributed by atoms with Crippen LogP contribution in [0.25, 0.3) is 0 Å². The molecule has 0 heterocycles. The zero-order valence-corrected chi connectivity index (χ0v) is 48.2. The van der Waals surface area contributed by atoms with Gasteiger partial charge in [0.15, 0.2) is 0 Å². The Balaban J connectivity index is 0.000000345. The van der Waals surface area contributed by atoms with Crippen LogP contribution in [0.4, 0.5) is 12.9 Å². The second-order valence-electron chi connectivity index (χ2n) is 26.2. The first-order chi connectivity index (χ1) is 33.1. The van der Waals surface area contributed by atoms with Gasteiger partial charge in [0, 0.05) is 13.8 Å². The van der Waals surface area contributed by atoms with Crippen LogP contribution in [0, 0.1) is 68.0 Å². The number of carbonyl (C=O) groups excluding carboxylic acids is 1. The third-order valence-electron chi connectivity index (χ3n) is 19.7. The minimum Gasteiger partial charge on any atom is -0.481 e. The summed E-state index contributed by atoms with van der Waals surface area (Å²) in [5.41, 5.74) is 8.97. The highest BCUT2D eigenvalue weighted by molar-refractivity contribution is 6.33. The number of ether oxygens (including phenoxy) is 1. The van der Waals surface area contributed by atoms with Crippen LogP contribution in [0.15, 0.2) is 98.2 Å². The van der Waals surface area contributed by atoms with Crippen molar-refractivity contribution >= 4 is 19.5 Å². The Hall–Kier alpha value is -3.29. The molecule has 4 nitrogen and oxygen atoms in total. The second kappa shape index (κ2) is 27.0. The molecule has 0 aromatic heterocycles. The fourth-order valence-electron chi connectivity index (χ4n) is 16.1. The second-order valence-corrected chi connectivity index (χ2v) is 26.2. The van der Waals surface area contributed by atoms with Crippen molar-refractivity contribution in [2.75, 3.05) is 0 Å². The first-order valence-corrected chi connectivity index (χ1v) is 27.7. The summed E-state index contributed by atoms with van der Waals surface area (Å²) in [4.78, 5) is 20.4. The molecular formula is C64H104BF3O4. The third kappa shape index (κ3) is 17.1. The average Bonchev–Trinajstić information content (AvgIpc) is 3.24. The van der Waals surface area contributed by atoms with E-state index in [-0.39, 0.29) is 5.97 Å². The molecule has 1 N–H and O–H groups in total. The first-order valence-electron chi connectivity index (χ1n) is 27.7. The van der Waals surface area contributed by atoms with Gasteiger partial charge in [0.05, 0.1) is 0 Å². The van der Waals surface area contributed by atoms with E-state index in [4.69, 9.17) is 14.6 Å². The zero-order valence-electron chi connectivity index (χ0n) is 48.2. The van der Waals surface area contributed by atoms with Gasteiger partial charge in [0.1, 0.15) is 5.60 Å². The van der Waals surface area contributed by atoms with E-state index in [0.717, 1.165) is 56.8 Å². The molecule has 0 spiro atoms. The van der Waals surface area contributed by atoms with Gasteiger partial charge in [0.2, 0.25) is 0 Å². The summed E-state index contributed by atoms with van der Waals surface area (Å²) in [6.45, 7) is 58.1. The van der Waals surface area contributed by atoms with Crippen molar-refractivity contribution in [1.29, 1.82) is 0 Å². The van der Waals surface area contributed by atoms with Crippen LogP contribution in [0.3, 0.4) is 0 Å². The topological polar surface area (TPSA) is 63.6 Å². The number of carboxylic acids is 1. The number of allylic oxidation sites excluding steroid dienone is 8. The molecule has 8 heteroatoms. The molecule has 72 heavy (non-hydrogen) atoms. The lowest BCUT2D eigenvalue weighted by molar-refractivity contribution is -0.152. The fourth-order valence-corrected chi connectivity index (χ4v) is 16.1. The van der Waals surface area contributed by atoms with Gasteiger partial charge in [-0.05, 0) is 197 Å². The molecular weight excluding hydrogens is 901 g/mol. The van der Waals surface area contributed by atoms with Gasteiger partial charge in [-0.2, -0.15) is 0 Å². The smallest absolute Gasteiger partial charge is 0.481 e. The molecule has 0 aliphatic heterocycles. The summed E-state index contributed by atoms with van der Waals surface area (Å²) in [6, 6.07) is 0. The lowest BCUT2D eigenvalue weighted by Gasteiger charge is -2.58. The van der Waals surface area contributed by atoms with Crippen molar-refractivity contribution in [3.8, 4) is 0 Å². The Morgan fingerprint density at radius 3 is 1.33 bits per heavy atom. The van der Waals surface area contributed by atoms with Crippen molar-refractivity contribution in [2.24, 2.45) is 68.0 Å². The van der Waals surface area contributed by atoms with E-state index < -0.39 is 19.1 Å². The van der Waals surface area contributed by atoms with Gasteiger partial charge in [0.25, 0.3) is 5.97 Å². The van der Waals surface area contributed by atoms with Gasteiger partial charge in [-0.25, -0.2) is 0 Å². The van der Waals surface area contributed by atoms with Gasteiger partial charge in [-0.15, -0.1) is 0 Å². The molecule has 0 bridgehead atoms. The molecule has 6 aliphatic rings. The Labute approximate surface area is 440 Å². The van der Waals surface area contributed by atoms with Crippen LogP contribution in [-0.4, -0.2) is 30.2 Å². The molecule has 6 fully saturated rings. The maximum absolute atomic E-state index is 11.4. The average molecular weight is 1010 g/mol. The number of fused-ring (bicyclic) bond motifs is 3. The minimum absolute atomic E-state index is 0.234. The molecule has 1 unspecified atom stereocenters. The summed E-state index contributed by atoms with van der Waals surface area (Å²) < 4.78 is 34.5. The van der Waals surface area contributed by atoms with Crippen molar-refractivity contribution in [1.82, 2.24) is 0 Å². The highest BCUT2D eigenvalue weighted by atomic mass is 19.4. The normalized spacial score (nSPS) is 32.8. The summed E-state index contributed by atoms with van der Waals surface area (Å²) in [5, 5.41) is 7.42. The number of halogens is 3. The maximum atomic E-state index is 11.4. The number of rotatable bonds is 12. The number of hydrogen-bond donors (Lipinski definition) is 1. The summed E-state index contributed by atoms with van der Waals surface area (Å²) in [5.74, 6) is 3.27. The van der Waals surface area contributed by atoms with Crippen LogP contribution in [0.1, 0.15) is 218 Å². The van der Waals surface area contributed by atoms with Crippen LogP contribution in [0.2, 0.25) is 0 Å². The maximum Gasteiger partial charge on any atom is 0.762 e. The highest BCUT2D eigenvalue weighted by Gasteiger charge is 2.55. The van der Waals surface area contributed by atoms with Gasteiger partial charge < -0.3 is 9.84 Å². The predicted molar refractivity (Wildman–Crippen MR) is 302 cm³/mol. The lowest BCUT2D eigenvalue weighted by Crippen LogP contribution is -2.49. The summed E-state index contributed by atoms with van der Waals surface area (Å²) in [6.07, 6.45) is 33.2. The van der Waals surface area contributed by atoms with E-state index in [0.29, 0.717) is 50.2 Å². The quantitative estimate of drug-likeness (QED) is 0.0916. The Morgan fingerprint density at radius 1 is 0.653 bits per heavy atom. The SMILES string of the molecule is C=CC(=C)CC[C@H]1C(=C)CC[C@H]2C(C)(C)CCC[C@]12C.C=CC(C)(CC[C@H]1C(=C)CC[C@H]2C(C)(C)CCC[C@]12C)OC(C)=O.C=CC(C)=CC[C@H]1C(=C)CC[C@H]2C(C)(C)CCC[C@]12C.CC(=O)O.FB(F)F. The van der Waals surface area contributed by atoms with Crippen molar-refractivity contribution in [3.63, 3.8) is 0 Å². The third-order valence-corrected chi connectivity index (χ3v) is 19.7. The van der Waals surface area contributed by atoms with Crippen molar-refractivity contribution in [2.45, 2.75) is 224 Å². The Kier molecular flexibility index (Phi) is 24.3. The Morgan fingerprint density at radius 2 is 1.00 bits per heavy atom. The van der Waals surface area contributed by atoms with Gasteiger partial charge in [-0.3, -0.25) is 22.5 Å². The molecule has 0 radical (unpaired) electrons. The molecule has 0 aromatic rings. The number of carboxylic acid groups (broad SMARTS) is 1. The van der Waals surface area contributed by atoms with Gasteiger partial charge >= 0.3 is 13.5 Å². The molecule has 6 rings (SSSR count). The van der Waals surface area contributed by atoms with Crippen LogP contribution in [-0.2, 0) is 14.3 Å². The lowest BCUT2D eigenvalue weighted by atomic mass is 9.47. The van der Waals surface area contributed by atoms with Crippen molar-refractivity contribution < 1.29 is 32.4 Å². The molecule has 10 atom stereocenters. The Bertz CT molecular complexity index is 1940. The van der Waals surface area contributed by atoms with E-state index in [9.17, 15) is 17.7 Å². The molecule has 0 saturated heterocycles. The standard InChI is InChI=1S/C22H36O2.2C20H32.C2H4O2.BF3/c1-8-21(6,24-17(3)23)15-12-18-16(2)10-11-19-20(4,5)13-9-14-22(18,19)7;2*1-7-15(2)9-11-17-16(3)10-12-18-19(4,5)13-8-14-20(17,18)6;1-2(3)4;2-1(3)4/h8,18-19H,1-2,9-15H2,3-7H3;7,9,17-18H,1,3,8,10-14H2,2,4-6H3;7,17-18H,1-3,8-14H2,4-6H3;1H3,(H,3,4);/t18-,19-,21?,22+;2*17-,18-,20+;;/m000../s1. The molecule has 408 valence electrons. The van der Waals surface area contributed by atoms with E-state index in [1.54, 1.807) is 6.08 Å². The monoisotopic (exact) mass is 1000 g/mol. The van der Waals surface area contributed by atoms with Crippen LogP contribution in [0.5, 0.6) is 0 Å². The molecule has 0 amide bonds. The first kappa shape index (κ1) is 64.8. The number of esters is 1. The predicted octanol–water partition coefficient (Wildman–Crippen LogP) is 19.7. The van der Waals surface area contributed by atoms with E-state index >= 15 is 0 Å². The van der Waals surface area contributed by atoms with E-state index in [2.05, 4.69) is 121 Å². The highest BCUT2D eigenvalue weighted by Crippen LogP contribution is 2.64. The zero-order chi connectivity index (χ0) is 55.3. The van der Waals surface area contributed by atoms with E-state index in [1.807, 2.05) is 19.1 Å². The molecule has 6 saturated carbocycles. The minimum atomic E-state index is -3.67. The largest absolute Gasteiger partial charge is 0.762 e. The van der Waals surface area contributed by atoms with Crippen molar-refractivity contribution in [3.05, 3.63) is 98.2 Å². The number of hydrogen-bond acceptors (Lipinski definition) is 3. The molecule has 0 aromatic carbocycles. The number of carbonyl (C=O) groups is 2.